The fourth-order valence-electron chi connectivity index (χ4n) is 2.29. The second-order valence-electron chi connectivity index (χ2n) is 5.82. The molecule has 2 nitrogen and oxygen atoms in total. The van der Waals surface area contributed by atoms with Crippen LogP contribution in [0, 0.1) is 0 Å². The Balaban J connectivity index is 2.54. The van der Waals surface area contributed by atoms with Gasteiger partial charge in [0.15, 0.2) is 0 Å². The van der Waals surface area contributed by atoms with E-state index in [0.717, 1.165) is 18.5 Å². The summed E-state index contributed by atoms with van der Waals surface area (Å²) >= 11 is 0. The first-order valence-corrected chi connectivity index (χ1v) is 6.38. The minimum Gasteiger partial charge on any atom is -0.326 e. The Hall–Kier alpha value is -1.31. The van der Waals surface area contributed by atoms with Gasteiger partial charge in [0.2, 0.25) is 5.91 Å². The number of carbonyl (C=O) groups is 1. The average molecular weight is 231 g/mol. The number of amides is 1. The summed E-state index contributed by atoms with van der Waals surface area (Å²) in [5, 5.41) is 3.02. The van der Waals surface area contributed by atoms with Crippen molar-refractivity contribution in [2.45, 2.75) is 52.4 Å². The van der Waals surface area contributed by atoms with Gasteiger partial charge in [-0.1, -0.05) is 39.8 Å². The van der Waals surface area contributed by atoms with Crippen LogP contribution in [-0.4, -0.2) is 5.91 Å². The second-order valence-corrected chi connectivity index (χ2v) is 5.82. The van der Waals surface area contributed by atoms with Gasteiger partial charge in [0.25, 0.3) is 0 Å². The third-order valence-electron chi connectivity index (χ3n) is 3.43. The molecule has 1 amide bonds. The first-order chi connectivity index (χ1) is 7.91. The molecule has 0 aromatic heterocycles. The molecule has 92 valence electrons. The molecule has 0 bridgehead atoms. The highest BCUT2D eigenvalue weighted by atomic mass is 16.1. The third-order valence-corrected chi connectivity index (χ3v) is 3.43. The van der Waals surface area contributed by atoms with Crippen molar-refractivity contribution in [2.75, 3.05) is 5.32 Å². The lowest BCUT2D eigenvalue weighted by Crippen LogP contribution is -2.22. The van der Waals surface area contributed by atoms with Crippen molar-refractivity contribution in [2.24, 2.45) is 0 Å². The number of benzene rings is 1. The molecule has 0 saturated carbocycles. The number of fused-ring (bicyclic) bond motifs is 1. The fraction of sp³-hybridized carbons (Fsp3) is 0.533. The van der Waals surface area contributed by atoms with Crippen molar-refractivity contribution >= 4 is 11.6 Å². The molecule has 0 saturated heterocycles. The summed E-state index contributed by atoms with van der Waals surface area (Å²) in [5.74, 6) is 0.149. The van der Waals surface area contributed by atoms with E-state index < -0.39 is 0 Å². The molecule has 1 aliphatic heterocycles. The van der Waals surface area contributed by atoms with Gasteiger partial charge >= 0.3 is 0 Å². The minimum absolute atomic E-state index is 0.149. The SMILES string of the molecule is CCc1cc(C(C)(C)C)cc2c1NC(=O)CC2. The number of rotatable bonds is 1. The lowest BCUT2D eigenvalue weighted by atomic mass is 9.83. The highest BCUT2D eigenvalue weighted by Crippen LogP contribution is 2.33. The monoisotopic (exact) mass is 231 g/mol. The summed E-state index contributed by atoms with van der Waals surface area (Å²) in [7, 11) is 0. The van der Waals surface area contributed by atoms with E-state index in [1.807, 2.05) is 0 Å². The summed E-state index contributed by atoms with van der Waals surface area (Å²) in [6.45, 7) is 8.84. The number of aryl methyl sites for hydroxylation is 2. The van der Waals surface area contributed by atoms with E-state index in [-0.39, 0.29) is 11.3 Å². The molecule has 2 rings (SSSR count). The molecule has 0 unspecified atom stereocenters. The third kappa shape index (κ3) is 2.36. The van der Waals surface area contributed by atoms with E-state index >= 15 is 0 Å². The fourth-order valence-corrected chi connectivity index (χ4v) is 2.29. The number of hydrogen-bond acceptors (Lipinski definition) is 1. The lowest BCUT2D eigenvalue weighted by molar-refractivity contribution is -0.116. The van der Waals surface area contributed by atoms with E-state index in [2.05, 4.69) is 45.1 Å². The zero-order chi connectivity index (χ0) is 12.6. The van der Waals surface area contributed by atoms with Crippen molar-refractivity contribution in [1.82, 2.24) is 0 Å². The van der Waals surface area contributed by atoms with Crippen LogP contribution in [0.5, 0.6) is 0 Å². The maximum Gasteiger partial charge on any atom is 0.224 e. The van der Waals surface area contributed by atoms with Crippen molar-refractivity contribution in [1.29, 1.82) is 0 Å². The zero-order valence-corrected chi connectivity index (χ0v) is 11.2. The maximum atomic E-state index is 11.5. The first kappa shape index (κ1) is 12.2. The Labute approximate surface area is 103 Å². The van der Waals surface area contributed by atoms with Crippen molar-refractivity contribution in [3.05, 3.63) is 28.8 Å². The topological polar surface area (TPSA) is 29.1 Å². The second kappa shape index (κ2) is 4.17. The lowest BCUT2D eigenvalue weighted by Gasteiger charge is -2.26. The summed E-state index contributed by atoms with van der Waals surface area (Å²) in [6, 6.07) is 4.50. The quantitative estimate of drug-likeness (QED) is 0.788. The standard InChI is InChI=1S/C15H21NO/c1-5-10-8-12(15(2,3)4)9-11-6-7-13(17)16-14(10)11/h8-9H,5-7H2,1-4H3,(H,16,17). The van der Waals surface area contributed by atoms with E-state index in [9.17, 15) is 4.79 Å². The van der Waals surface area contributed by atoms with E-state index in [4.69, 9.17) is 0 Å². The number of carbonyl (C=O) groups excluding carboxylic acids is 1. The van der Waals surface area contributed by atoms with Gasteiger partial charge in [-0.3, -0.25) is 4.79 Å². The molecular weight excluding hydrogens is 210 g/mol. The van der Waals surface area contributed by atoms with Crippen molar-refractivity contribution < 1.29 is 4.79 Å². The number of hydrogen-bond donors (Lipinski definition) is 1. The largest absolute Gasteiger partial charge is 0.326 e. The van der Waals surface area contributed by atoms with Crippen molar-refractivity contribution in [3.63, 3.8) is 0 Å². The van der Waals surface area contributed by atoms with E-state index in [0.29, 0.717) is 6.42 Å². The molecular formula is C15H21NO. The van der Waals surface area contributed by atoms with Crippen LogP contribution in [0.4, 0.5) is 5.69 Å². The maximum absolute atomic E-state index is 11.5. The molecule has 1 aliphatic rings. The predicted molar refractivity (Wildman–Crippen MR) is 71.5 cm³/mol. The van der Waals surface area contributed by atoms with Gasteiger partial charge < -0.3 is 5.32 Å². The van der Waals surface area contributed by atoms with Crippen LogP contribution < -0.4 is 5.32 Å². The Morgan fingerprint density at radius 2 is 1.94 bits per heavy atom. The van der Waals surface area contributed by atoms with Crippen LogP contribution in [0.15, 0.2) is 12.1 Å². The molecule has 0 atom stereocenters. The van der Waals surface area contributed by atoms with Gasteiger partial charge in [0.05, 0.1) is 0 Å². The van der Waals surface area contributed by atoms with Crippen molar-refractivity contribution in [3.8, 4) is 0 Å². The summed E-state index contributed by atoms with van der Waals surface area (Å²) in [6.07, 6.45) is 2.45. The molecule has 1 aromatic carbocycles. The van der Waals surface area contributed by atoms with Gasteiger partial charge in [-0.2, -0.15) is 0 Å². The molecule has 2 heteroatoms. The predicted octanol–water partition coefficient (Wildman–Crippen LogP) is 3.43. The molecule has 1 heterocycles. The highest BCUT2D eigenvalue weighted by Gasteiger charge is 2.22. The Morgan fingerprint density at radius 1 is 1.24 bits per heavy atom. The molecule has 0 aliphatic carbocycles. The zero-order valence-electron chi connectivity index (χ0n) is 11.2. The Kier molecular flexibility index (Phi) is 2.98. The molecule has 0 fully saturated rings. The van der Waals surface area contributed by atoms with Crippen LogP contribution in [0.2, 0.25) is 0 Å². The van der Waals surface area contributed by atoms with Gasteiger partial charge in [-0.05, 0) is 34.9 Å². The van der Waals surface area contributed by atoms with Crippen LogP contribution in [0.1, 0.15) is 50.8 Å². The number of nitrogens with one attached hydrogen (secondary N) is 1. The highest BCUT2D eigenvalue weighted by molar-refractivity contribution is 5.95. The van der Waals surface area contributed by atoms with Gasteiger partial charge in [0.1, 0.15) is 0 Å². The molecule has 0 radical (unpaired) electrons. The average Bonchev–Trinajstić information content (AvgIpc) is 2.26. The van der Waals surface area contributed by atoms with Gasteiger partial charge in [-0.25, -0.2) is 0 Å². The molecule has 17 heavy (non-hydrogen) atoms. The molecule has 0 spiro atoms. The smallest absolute Gasteiger partial charge is 0.224 e. The van der Waals surface area contributed by atoms with Gasteiger partial charge in [-0.15, -0.1) is 0 Å². The normalized spacial score (nSPS) is 15.4. The summed E-state index contributed by atoms with van der Waals surface area (Å²) in [5.41, 5.74) is 5.16. The minimum atomic E-state index is 0.149. The number of anilines is 1. The van der Waals surface area contributed by atoms with Crippen LogP contribution in [0.25, 0.3) is 0 Å². The van der Waals surface area contributed by atoms with E-state index in [1.54, 1.807) is 0 Å². The van der Waals surface area contributed by atoms with Crippen LogP contribution in [0.3, 0.4) is 0 Å². The summed E-state index contributed by atoms with van der Waals surface area (Å²) in [4.78, 5) is 11.5. The summed E-state index contributed by atoms with van der Waals surface area (Å²) < 4.78 is 0. The van der Waals surface area contributed by atoms with Crippen LogP contribution in [-0.2, 0) is 23.1 Å². The van der Waals surface area contributed by atoms with Crippen LogP contribution >= 0.6 is 0 Å². The Bertz CT molecular complexity index is 437. The first-order valence-electron chi connectivity index (χ1n) is 6.38. The molecule has 1 aromatic rings. The van der Waals surface area contributed by atoms with E-state index in [1.165, 1.54) is 16.7 Å². The van der Waals surface area contributed by atoms with Gasteiger partial charge in [0, 0.05) is 12.1 Å². The molecule has 1 N–H and O–H groups in total. The Morgan fingerprint density at radius 3 is 2.53 bits per heavy atom.